The Morgan fingerprint density at radius 3 is 2.07 bits per heavy atom. The Labute approximate surface area is 177 Å². The van der Waals surface area contributed by atoms with Crippen molar-refractivity contribution >= 4 is 23.7 Å². The van der Waals surface area contributed by atoms with Crippen molar-refractivity contribution in [2.75, 3.05) is 0 Å². The van der Waals surface area contributed by atoms with Crippen LogP contribution >= 0.6 is 0 Å². The number of rotatable bonds is 4. The first-order valence-corrected chi connectivity index (χ1v) is 9.74. The lowest BCUT2D eigenvalue weighted by Gasteiger charge is -2.35. The number of nitrogens with zero attached hydrogens (tertiary/aromatic N) is 2. The largest absolute Gasteiger partial charge is 0.272 e. The normalized spacial score (nSPS) is 11.3. The van der Waals surface area contributed by atoms with Crippen LogP contribution in [0.2, 0.25) is 0 Å². The van der Waals surface area contributed by atoms with Gasteiger partial charge in [-0.25, -0.2) is 5.01 Å². The van der Waals surface area contributed by atoms with E-state index in [9.17, 15) is 9.59 Å². The zero-order valence-corrected chi connectivity index (χ0v) is 17.4. The highest BCUT2D eigenvalue weighted by atomic mass is 16.2. The maximum atomic E-state index is 13.3. The molecule has 0 bridgehead atoms. The highest BCUT2D eigenvalue weighted by Gasteiger charge is 2.29. The van der Waals surface area contributed by atoms with Crippen molar-refractivity contribution in [3.63, 3.8) is 0 Å². The fourth-order valence-electron chi connectivity index (χ4n) is 2.82. The van der Waals surface area contributed by atoms with Crippen molar-refractivity contribution in [3.05, 3.63) is 102 Å². The molecule has 0 spiro atoms. The number of aliphatic imine (C=N–C) groups is 1. The van der Waals surface area contributed by atoms with Crippen molar-refractivity contribution in [2.24, 2.45) is 4.99 Å². The number of carbonyl (C=O) groups is 2. The van der Waals surface area contributed by atoms with E-state index >= 15 is 0 Å². The number of hydrogen-bond donors (Lipinski definition) is 1. The molecule has 2 amide bonds. The van der Waals surface area contributed by atoms with Crippen LogP contribution in [-0.2, 0) is 0 Å². The van der Waals surface area contributed by atoms with E-state index in [0.717, 1.165) is 11.3 Å². The fraction of sp³-hybridized carbons (Fsp3) is 0.160. The highest BCUT2D eigenvalue weighted by molar-refractivity contribution is 6.00. The molecule has 3 rings (SSSR count). The first kappa shape index (κ1) is 21.0. The number of amides is 2. The quantitative estimate of drug-likeness (QED) is 0.494. The van der Waals surface area contributed by atoms with E-state index in [2.05, 4.69) is 10.4 Å². The summed E-state index contributed by atoms with van der Waals surface area (Å²) in [6.45, 7) is 5.62. The molecule has 0 saturated heterocycles. The third-order valence-electron chi connectivity index (χ3n) is 4.38. The predicted octanol–water partition coefficient (Wildman–Crippen LogP) is 5.02. The van der Waals surface area contributed by atoms with Crippen molar-refractivity contribution in [3.8, 4) is 0 Å². The lowest BCUT2D eigenvalue weighted by molar-refractivity contribution is 0.0358. The van der Waals surface area contributed by atoms with Crippen LogP contribution in [0.4, 0.5) is 5.69 Å². The summed E-state index contributed by atoms with van der Waals surface area (Å²) in [4.78, 5) is 30.3. The molecule has 0 atom stereocenters. The summed E-state index contributed by atoms with van der Waals surface area (Å²) in [6.07, 6.45) is 1.72. The minimum absolute atomic E-state index is 0.290. The minimum Gasteiger partial charge on any atom is -0.267 e. The zero-order chi connectivity index (χ0) is 21.6. The van der Waals surface area contributed by atoms with Crippen LogP contribution in [0, 0.1) is 0 Å². The zero-order valence-electron chi connectivity index (χ0n) is 17.4. The topological polar surface area (TPSA) is 61.8 Å². The summed E-state index contributed by atoms with van der Waals surface area (Å²) in [5, 5.41) is 1.37. The van der Waals surface area contributed by atoms with Crippen molar-refractivity contribution in [2.45, 2.75) is 26.3 Å². The molecule has 5 nitrogen and oxygen atoms in total. The number of benzene rings is 3. The van der Waals surface area contributed by atoms with E-state index in [0.29, 0.717) is 11.1 Å². The maximum absolute atomic E-state index is 13.3. The summed E-state index contributed by atoms with van der Waals surface area (Å²) in [5.74, 6) is -0.623. The second-order valence-electron chi connectivity index (χ2n) is 7.84. The molecule has 0 aliphatic heterocycles. The number of carbonyl (C=O) groups excluding carboxylic acids is 2. The molecule has 0 aliphatic rings. The molecule has 0 aliphatic carbocycles. The van der Waals surface area contributed by atoms with Crippen molar-refractivity contribution < 1.29 is 9.59 Å². The first-order chi connectivity index (χ1) is 14.3. The smallest absolute Gasteiger partial charge is 0.267 e. The van der Waals surface area contributed by atoms with Crippen LogP contribution < -0.4 is 5.43 Å². The van der Waals surface area contributed by atoms with E-state index in [1.807, 2.05) is 63.2 Å². The van der Waals surface area contributed by atoms with Gasteiger partial charge in [0.1, 0.15) is 0 Å². The average molecular weight is 399 g/mol. The van der Waals surface area contributed by atoms with Crippen LogP contribution in [0.1, 0.15) is 47.1 Å². The van der Waals surface area contributed by atoms with E-state index in [1.54, 1.807) is 48.7 Å². The number of para-hydroxylation sites is 1. The monoisotopic (exact) mass is 399 g/mol. The molecule has 0 saturated carbocycles. The van der Waals surface area contributed by atoms with Crippen LogP contribution in [-0.4, -0.2) is 28.6 Å². The Balaban J connectivity index is 1.83. The Morgan fingerprint density at radius 1 is 0.833 bits per heavy atom. The molecule has 152 valence electrons. The lowest BCUT2D eigenvalue weighted by atomic mass is 10.1. The molecular weight excluding hydrogens is 374 g/mol. The predicted molar refractivity (Wildman–Crippen MR) is 120 cm³/mol. The van der Waals surface area contributed by atoms with Gasteiger partial charge in [0.2, 0.25) is 0 Å². The SMILES string of the molecule is CC(C)(C)N(NC(=O)c1ccccc1)C(=O)c1cccc(C=Nc2ccccc2)c1. The molecule has 3 aromatic rings. The van der Waals surface area contributed by atoms with Crippen molar-refractivity contribution in [1.29, 1.82) is 0 Å². The van der Waals surface area contributed by atoms with Crippen molar-refractivity contribution in [1.82, 2.24) is 10.4 Å². The van der Waals surface area contributed by atoms with E-state index in [1.165, 1.54) is 5.01 Å². The van der Waals surface area contributed by atoms with Gasteiger partial charge >= 0.3 is 0 Å². The van der Waals surface area contributed by atoms with Gasteiger partial charge in [-0.1, -0.05) is 48.5 Å². The van der Waals surface area contributed by atoms with Crippen LogP contribution in [0.15, 0.2) is 89.9 Å². The summed E-state index contributed by atoms with van der Waals surface area (Å²) in [7, 11) is 0. The van der Waals surface area contributed by atoms with E-state index in [-0.39, 0.29) is 11.8 Å². The molecule has 0 aromatic heterocycles. The standard InChI is InChI=1S/C25H25N3O2/c1-25(2,3)28(27-23(29)20-12-6-4-7-13-20)24(30)21-14-10-11-19(17-21)18-26-22-15-8-5-9-16-22/h4-18H,1-3H3,(H,27,29). The summed E-state index contributed by atoms with van der Waals surface area (Å²) < 4.78 is 0. The second kappa shape index (κ2) is 9.18. The third-order valence-corrected chi connectivity index (χ3v) is 4.38. The first-order valence-electron chi connectivity index (χ1n) is 9.74. The number of hydrogen-bond acceptors (Lipinski definition) is 3. The second-order valence-corrected chi connectivity index (χ2v) is 7.84. The van der Waals surface area contributed by atoms with Gasteiger partial charge in [0.25, 0.3) is 11.8 Å². The molecule has 0 radical (unpaired) electrons. The summed E-state index contributed by atoms with van der Waals surface area (Å²) in [5.41, 5.74) is 4.73. The van der Waals surface area contributed by atoms with Gasteiger partial charge in [-0.3, -0.25) is 20.0 Å². The van der Waals surface area contributed by atoms with E-state index < -0.39 is 5.54 Å². The summed E-state index contributed by atoms with van der Waals surface area (Å²) >= 11 is 0. The Kier molecular flexibility index (Phi) is 6.42. The van der Waals surface area contributed by atoms with Gasteiger partial charge in [-0.2, -0.15) is 0 Å². The van der Waals surface area contributed by atoms with Gasteiger partial charge in [0.05, 0.1) is 11.2 Å². The summed E-state index contributed by atoms with van der Waals surface area (Å²) in [6, 6.07) is 25.6. The van der Waals surface area contributed by atoms with Crippen LogP contribution in [0.3, 0.4) is 0 Å². The van der Waals surface area contributed by atoms with Gasteiger partial charge in [0, 0.05) is 17.3 Å². The van der Waals surface area contributed by atoms with Gasteiger partial charge in [-0.05, 0) is 62.7 Å². The van der Waals surface area contributed by atoms with Gasteiger partial charge in [-0.15, -0.1) is 0 Å². The number of hydrazine groups is 1. The van der Waals surface area contributed by atoms with Crippen LogP contribution in [0.25, 0.3) is 0 Å². The Bertz CT molecular complexity index is 1040. The molecule has 0 fully saturated rings. The molecular formula is C25H25N3O2. The molecule has 30 heavy (non-hydrogen) atoms. The Morgan fingerprint density at radius 2 is 1.43 bits per heavy atom. The molecule has 1 N–H and O–H groups in total. The molecule has 0 unspecified atom stereocenters. The third kappa shape index (κ3) is 5.41. The maximum Gasteiger partial charge on any atom is 0.272 e. The fourth-order valence-corrected chi connectivity index (χ4v) is 2.82. The average Bonchev–Trinajstić information content (AvgIpc) is 2.76. The van der Waals surface area contributed by atoms with Gasteiger partial charge in [0.15, 0.2) is 0 Å². The van der Waals surface area contributed by atoms with Gasteiger partial charge < -0.3 is 0 Å². The Hall–Kier alpha value is -3.73. The van der Waals surface area contributed by atoms with E-state index in [4.69, 9.17) is 0 Å². The lowest BCUT2D eigenvalue weighted by Crippen LogP contribution is -2.55. The molecule has 5 heteroatoms. The molecule has 0 heterocycles. The number of nitrogens with one attached hydrogen (secondary N) is 1. The van der Waals surface area contributed by atoms with Crippen LogP contribution in [0.5, 0.6) is 0 Å². The molecule has 3 aromatic carbocycles. The minimum atomic E-state index is -0.615. The highest BCUT2D eigenvalue weighted by Crippen LogP contribution is 2.17.